The fourth-order valence-electron chi connectivity index (χ4n) is 4.57. The van der Waals surface area contributed by atoms with Gasteiger partial charge in [-0.2, -0.15) is 5.26 Å². The predicted octanol–water partition coefficient (Wildman–Crippen LogP) is 6.79. The SMILES string of the molecule is COc1ccccc1NC(=O)C1=C(C)NC(SCC(=O)Nc2ccc(Oc3ccccc3)cc2)=C(C#N)C1c1ccco1. The average molecular weight is 593 g/mol. The third kappa shape index (κ3) is 6.92. The van der Waals surface area contributed by atoms with Crippen LogP contribution in [0.1, 0.15) is 18.6 Å². The van der Waals surface area contributed by atoms with E-state index in [0.717, 1.165) is 5.75 Å². The summed E-state index contributed by atoms with van der Waals surface area (Å²) >= 11 is 1.17. The molecule has 0 spiro atoms. The highest BCUT2D eigenvalue weighted by atomic mass is 32.2. The van der Waals surface area contributed by atoms with E-state index in [0.29, 0.717) is 44.9 Å². The number of benzene rings is 3. The molecule has 216 valence electrons. The van der Waals surface area contributed by atoms with Crippen LogP contribution in [0.3, 0.4) is 0 Å². The maximum atomic E-state index is 13.6. The largest absolute Gasteiger partial charge is 0.495 e. The molecule has 9 nitrogen and oxygen atoms in total. The average Bonchev–Trinajstić information content (AvgIpc) is 3.56. The molecule has 0 radical (unpaired) electrons. The molecule has 0 saturated carbocycles. The van der Waals surface area contributed by atoms with Crippen molar-refractivity contribution in [3.8, 4) is 23.3 Å². The van der Waals surface area contributed by atoms with Gasteiger partial charge in [0.1, 0.15) is 23.0 Å². The van der Waals surface area contributed by atoms with E-state index >= 15 is 0 Å². The first-order valence-corrected chi connectivity index (χ1v) is 14.3. The van der Waals surface area contributed by atoms with Gasteiger partial charge in [-0.05, 0) is 67.6 Å². The fraction of sp³-hybridized carbons (Fsp3) is 0.121. The number of thioether (sulfide) groups is 1. The zero-order valence-corrected chi connectivity index (χ0v) is 24.2. The topological polar surface area (TPSA) is 126 Å². The Bertz CT molecular complexity index is 1710. The number of furan rings is 1. The van der Waals surface area contributed by atoms with Gasteiger partial charge in [-0.3, -0.25) is 9.59 Å². The molecule has 1 aromatic heterocycles. The van der Waals surface area contributed by atoms with Gasteiger partial charge in [0.05, 0.1) is 53.0 Å². The maximum absolute atomic E-state index is 13.6. The molecule has 3 aromatic carbocycles. The molecule has 0 saturated heterocycles. The van der Waals surface area contributed by atoms with E-state index in [2.05, 4.69) is 22.0 Å². The molecular weight excluding hydrogens is 564 g/mol. The number of carbonyl (C=O) groups excluding carboxylic acids is 2. The number of methoxy groups -OCH3 is 1. The highest BCUT2D eigenvalue weighted by Gasteiger charge is 2.36. The van der Waals surface area contributed by atoms with E-state index in [-0.39, 0.29) is 17.2 Å². The number of nitrogens with one attached hydrogen (secondary N) is 3. The van der Waals surface area contributed by atoms with E-state index in [1.165, 1.54) is 25.1 Å². The second-order valence-electron chi connectivity index (χ2n) is 9.40. The standard InChI is InChI=1S/C33H28N4O5S/c1-21-30(32(39)37-26-11-6-7-12-27(26)40-2)31(28-13-8-18-41-28)25(19-34)33(35-21)43-20-29(38)36-22-14-16-24(17-15-22)42-23-9-4-3-5-10-23/h3-18,31,35H,20H2,1-2H3,(H,36,38)(H,37,39). The summed E-state index contributed by atoms with van der Waals surface area (Å²) < 4.78 is 16.9. The Labute approximate surface area is 253 Å². The van der Waals surface area contributed by atoms with Crippen molar-refractivity contribution in [1.29, 1.82) is 5.26 Å². The predicted molar refractivity (Wildman–Crippen MR) is 166 cm³/mol. The number of hydrogen-bond acceptors (Lipinski definition) is 8. The molecule has 3 N–H and O–H groups in total. The second-order valence-corrected chi connectivity index (χ2v) is 10.4. The Kier molecular flexibility index (Phi) is 9.14. The van der Waals surface area contributed by atoms with Crippen molar-refractivity contribution >= 4 is 35.0 Å². The van der Waals surface area contributed by atoms with Crippen LogP contribution in [0.2, 0.25) is 0 Å². The molecule has 5 rings (SSSR count). The number of rotatable bonds is 10. The molecule has 0 fully saturated rings. The van der Waals surface area contributed by atoms with E-state index < -0.39 is 11.8 Å². The molecule has 10 heteroatoms. The highest BCUT2D eigenvalue weighted by molar-refractivity contribution is 8.03. The Hall–Kier alpha value is -5.40. The van der Waals surface area contributed by atoms with Gasteiger partial charge in [-0.25, -0.2) is 0 Å². The number of carbonyl (C=O) groups is 2. The van der Waals surface area contributed by atoms with Crippen LogP contribution in [-0.4, -0.2) is 24.7 Å². The van der Waals surface area contributed by atoms with Crippen LogP contribution in [0.4, 0.5) is 11.4 Å². The maximum Gasteiger partial charge on any atom is 0.254 e. The zero-order valence-electron chi connectivity index (χ0n) is 23.4. The summed E-state index contributed by atoms with van der Waals surface area (Å²) in [6.07, 6.45) is 1.49. The van der Waals surface area contributed by atoms with Crippen molar-refractivity contribution < 1.29 is 23.5 Å². The van der Waals surface area contributed by atoms with Crippen LogP contribution in [0.5, 0.6) is 17.2 Å². The number of allylic oxidation sites excluding steroid dienone is 2. The van der Waals surface area contributed by atoms with Gasteiger partial charge in [0.15, 0.2) is 0 Å². The monoisotopic (exact) mass is 592 g/mol. The van der Waals surface area contributed by atoms with Crippen LogP contribution in [-0.2, 0) is 9.59 Å². The van der Waals surface area contributed by atoms with Gasteiger partial charge in [-0.15, -0.1) is 0 Å². The van der Waals surface area contributed by atoms with Crippen molar-refractivity contribution in [2.45, 2.75) is 12.8 Å². The number of ether oxygens (including phenoxy) is 2. The summed E-state index contributed by atoms with van der Waals surface area (Å²) in [5.74, 6) is 0.872. The minimum absolute atomic E-state index is 0.0245. The first-order valence-electron chi connectivity index (χ1n) is 13.3. The number of hydrogen-bond donors (Lipinski definition) is 3. The number of amides is 2. The molecule has 1 aliphatic rings. The van der Waals surface area contributed by atoms with Gasteiger partial charge in [0.25, 0.3) is 5.91 Å². The third-order valence-corrected chi connectivity index (χ3v) is 7.56. The Morgan fingerprint density at radius 2 is 1.67 bits per heavy atom. The third-order valence-electron chi connectivity index (χ3n) is 6.54. The summed E-state index contributed by atoms with van der Waals surface area (Å²) in [5, 5.41) is 19.6. The summed E-state index contributed by atoms with van der Waals surface area (Å²) in [6, 6.07) is 29.2. The number of dihydropyridines is 1. The zero-order chi connectivity index (χ0) is 30.2. The van der Waals surface area contributed by atoms with Crippen LogP contribution < -0.4 is 25.4 Å². The Morgan fingerprint density at radius 3 is 2.37 bits per heavy atom. The summed E-state index contributed by atoms with van der Waals surface area (Å²) in [6.45, 7) is 1.75. The second kappa shape index (κ2) is 13.5. The Morgan fingerprint density at radius 1 is 0.953 bits per heavy atom. The van der Waals surface area contributed by atoms with Crippen molar-refractivity contribution in [3.63, 3.8) is 0 Å². The van der Waals surface area contributed by atoms with Crippen molar-refractivity contribution in [2.24, 2.45) is 0 Å². The molecule has 1 aliphatic heterocycles. The molecule has 2 heterocycles. The quantitative estimate of drug-likeness (QED) is 0.184. The molecule has 43 heavy (non-hydrogen) atoms. The number of anilines is 2. The first kappa shape index (κ1) is 29.1. The van der Waals surface area contributed by atoms with E-state index in [1.807, 2.05) is 30.3 Å². The summed E-state index contributed by atoms with van der Waals surface area (Å²) in [4.78, 5) is 26.4. The lowest BCUT2D eigenvalue weighted by Gasteiger charge is -2.28. The smallest absolute Gasteiger partial charge is 0.254 e. The van der Waals surface area contributed by atoms with Crippen molar-refractivity contribution in [2.75, 3.05) is 23.5 Å². The van der Waals surface area contributed by atoms with Crippen LogP contribution in [0.15, 0.2) is 124 Å². The lowest BCUT2D eigenvalue weighted by molar-refractivity contribution is -0.114. The Balaban J connectivity index is 1.29. The van der Waals surface area contributed by atoms with Crippen molar-refractivity contribution in [1.82, 2.24) is 5.32 Å². The van der Waals surface area contributed by atoms with Crippen LogP contribution in [0, 0.1) is 11.3 Å². The van der Waals surface area contributed by atoms with Crippen LogP contribution in [0.25, 0.3) is 0 Å². The lowest BCUT2D eigenvalue weighted by Crippen LogP contribution is -2.31. The first-order chi connectivity index (χ1) is 21.0. The van der Waals surface area contributed by atoms with E-state index in [1.54, 1.807) is 67.6 Å². The van der Waals surface area contributed by atoms with Gasteiger partial charge in [0, 0.05) is 11.4 Å². The molecule has 0 aliphatic carbocycles. The normalized spacial score (nSPS) is 14.4. The number of para-hydroxylation sites is 3. The molecular formula is C33H28N4O5S. The summed E-state index contributed by atoms with van der Waals surface area (Å²) in [5.41, 5.74) is 2.23. The molecule has 1 unspecified atom stereocenters. The fourth-order valence-corrected chi connectivity index (χ4v) is 5.46. The lowest BCUT2D eigenvalue weighted by atomic mass is 9.85. The van der Waals surface area contributed by atoms with E-state index in [4.69, 9.17) is 13.9 Å². The number of nitrogens with zero attached hydrogens (tertiary/aromatic N) is 1. The van der Waals surface area contributed by atoms with Crippen molar-refractivity contribution in [3.05, 3.63) is 125 Å². The van der Waals surface area contributed by atoms with Crippen LogP contribution >= 0.6 is 11.8 Å². The minimum Gasteiger partial charge on any atom is -0.495 e. The van der Waals surface area contributed by atoms with Gasteiger partial charge < -0.3 is 29.8 Å². The molecule has 0 bridgehead atoms. The van der Waals surface area contributed by atoms with Gasteiger partial charge in [-0.1, -0.05) is 42.1 Å². The van der Waals surface area contributed by atoms with Gasteiger partial charge in [0.2, 0.25) is 5.91 Å². The molecule has 2 amide bonds. The molecule has 4 aromatic rings. The van der Waals surface area contributed by atoms with E-state index in [9.17, 15) is 14.9 Å². The van der Waals surface area contributed by atoms with Gasteiger partial charge >= 0.3 is 0 Å². The molecule has 1 atom stereocenters. The summed E-state index contributed by atoms with van der Waals surface area (Å²) in [7, 11) is 1.52. The minimum atomic E-state index is -0.779. The number of nitriles is 1. The highest BCUT2D eigenvalue weighted by Crippen LogP contribution is 2.41.